The van der Waals surface area contributed by atoms with E-state index in [1.54, 1.807) is 0 Å². The Balaban J connectivity index is 2.65. The minimum atomic E-state index is -0.159. The van der Waals surface area contributed by atoms with E-state index in [0.29, 0.717) is 5.82 Å². The van der Waals surface area contributed by atoms with E-state index in [-0.39, 0.29) is 5.41 Å². The maximum Gasteiger partial charge on any atom is 0.141 e. The van der Waals surface area contributed by atoms with Crippen LogP contribution in [0.25, 0.3) is 0 Å². The summed E-state index contributed by atoms with van der Waals surface area (Å²) in [5.74, 6) is 1.43. The van der Waals surface area contributed by atoms with E-state index < -0.39 is 0 Å². The highest BCUT2D eigenvalue weighted by Crippen LogP contribution is 2.37. The second-order valence-corrected chi connectivity index (χ2v) is 5.30. The minimum Gasteiger partial charge on any atom is -0.383 e. The molecule has 1 aromatic carbocycles. The van der Waals surface area contributed by atoms with Crippen molar-refractivity contribution in [2.75, 3.05) is 5.73 Å². The summed E-state index contributed by atoms with van der Waals surface area (Å²) in [6, 6.07) is 10.5. The molecule has 3 nitrogen and oxygen atoms in total. The molecule has 3 heteroatoms. The third-order valence-electron chi connectivity index (χ3n) is 4.39. The molecule has 0 fully saturated rings. The second kappa shape index (κ2) is 5.61. The Morgan fingerprint density at radius 2 is 1.60 bits per heavy atom. The SMILES string of the molecule is CCC(CC)(c1ccccc1)c1nc(C)c(C)c(N)n1. The average molecular weight is 269 g/mol. The highest BCUT2D eigenvalue weighted by atomic mass is 15.0. The Kier molecular flexibility index (Phi) is 4.07. The fourth-order valence-electron chi connectivity index (χ4n) is 2.73. The van der Waals surface area contributed by atoms with Gasteiger partial charge in [0.2, 0.25) is 0 Å². The van der Waals surface area contributed by atoms with Crippen LogP contribution in [0.1, 0.15) is 49.3 Å². The Morgan fingerprint density at radius 3 is 2.10 bits per heavy atom. The standard InChI is InChI=1S/C17H23N3/c1-5-17(6-2,14-10-8-7-9-11-14)16-19-13(4)12(3)15(18)20-16/h7-11H,5-6H2,1-4H3,(H2,18,19,20). The van der Waals surface area contributed by atoms with Gasteiger partial charge in [0.15, 0.2) is 0 Å². The number of nitrogens with two attached hydrogens (primary N) is 1. The number of nitrogen functional groups attached to an aromatic ring is 1. The summed E-state index contributed by atoms with van der Waals surface area (Å²) in [5, 5.41) is 0. The molecule has 20 heavy (non-hydrogen) atoms. The van der Waals surface area contributed by atoms with Crippen molar-refractivity contribution in [3.05, 3.63) is 53.0 Å². The van der Waals surface area contributed by atoms with Crippen LogP contribution < -0.4 is 5.73 Å². The summed E-state index contributed by atoms with van der Waals surface area (Å²) in [5.41, 5.74) is 9.09. The number of hydrogen-bond donors (Lipinski definition) is 1. The number of aromatic nitrogens is 2. The summed E-state index contributed by atoms with van der Waals surface area (Å²) in [6.07, 6.45) is 1.91. The van der Waals surface area contributed by atoms with Crippen molar-refractivity contribution in [2.45, 2.75) is 46.0 Å². The van der Waals surface area contributed by atoms with Crippen LogP contribution >= 0.6 is 0 Å². The fraction of sp³-hybridized carbons (Fsp3) is 0.412. The molecule has 2 aromatic rings. The lowest BCUT2D eigenvalue weighted by molar-refractivity contribution is 0.448. The van der Waals surface area contributed by atoms with Crippen LogP contribution in [0.5, 0.6) is 0 Å². The first-order valence-corrected chi connectivity index (χ1v) is 7.22. The summed E-state index contributed by atoms with van der Waals surface area (Å²) in [6.45, 7) is 8.34. The van der Waals surface area contributed by atoms with Crippen molar-refractivity contribution in [1.82, 2.24) is 9.97 Å². The van der Waals surface area contributed by atoms with Crippen LogP contribution in [0.2, 0.25) is 0 Å². The van der Waals surface area contributed by atoms with Gasteiger partial charge in [-0.25, -0.2) is 9.97 Å². The summed E-state index contributed by atoms with van der Waals surface area (Å²) in [4.78, 5) is 9.32. The highest BCUT2D eigenvalue weighted by molar-refractivity contribution is 5.43. The lowest BCUT2D eigenvalue weighted by Crippen LogP contribution is -2.29. The predicted octanol–water partition coefficient (Wildman–Crippen LogP) is 3.78. The fourth-order valence-corrected chi connectivity index (χ4v) is 2.73. The molecule has 0 aliphatic carbocycles. The number of aryl methyl sites for hydroxylation is 1. The molecule has 1 aromatic heterocycles. The number of rotatable bonds is 4. The van der Waals surface area contributed by atoms with Gasteiger partial charge in [0.25, 0.3) is 0 Å². The van der Waals surface area contributed by atoms with Crippen molar-refractivity contribution in [1.29, 1.82) is 0 Å². The molecule has 0 aliphatic rings. The lowest BCUT2D eigenvalue weighted by Gasteiger charge is -2.31. The smallest absolute Gasteiger partial charge is 0.141 e. The number of anilines is 1. The van der Waals surface area contributed by atoms with E-state index in [4.69, 9.17) is 10.7 Å². The molecule has 0 amide bonds. The maximum absolute atomic E-state index is 6.05. The Hall–Kier alpha value is -1.90. The number of nitrogens with zero attached hydrogens (tertiary/aromatic N) is 2. The Labute approximate surface area is 121 Å². The van der Waals surface area contributed by atoms with Gasteiger partial charge in [-0.2, -0.15) is 0 Å². The third kappa shape index (κ3) is 2.28. The molecule has 0 saturated heterocycles. The van der Waals surface area contributed by atoms with Crippen LogP contribution in [0.4, 0.5) is 5.82 Å². The monoisotopic (exact) mass is 269 g/mol. The van der Waals surface area contributed by atoms with Crippen LogP contribution in [0, 0.1) is 13.8 Å². The number of hydrogen-bond acceptors (Lipinski definition) is 3. The van der Waals surface area contributed by atoms with Gasteiger partial charge in [-0.1, -0.05) is 44.2 Å². The Bertz CT molecular complexity index is 563. The molecule has 1 heterocycles. The van der Waals surface area contributed by atoms with Crippen molar-refractivity contribution in [3.8, 4) is 0 Å². The zero-order valence-corrected chi connectivity index (χ0v) is 12.8. The lowest BCUT2D eigenvalue weighted by atomic mass is 9.75. The summed E-state index contributed by atoms with van der Waals surface area (Å²) < 4.78 is 0. The zero-order chi connectivity index (χ0) is 14.8. The van der Waals surface area contributed by atoms with Crippen LogP contribution in [-0.4, -0.2) is 9.97 Å². The predicted molar refractivity (Wildman–Crippen MR) is 83.7 cm³/mol. The van der Waals surface area contributed by atoms with Crippen molar-refractivity contribution in [2.24, 2.45) is 0 Å². The molecule has 0 unspecified atom stereocenters. The first-order chi connectivity index (χ1) is 9.55. The first-order valence-electron chi connectivity index (χ1n) is 7.22. The first kappa shape index (κ1) is 14.5. The van der Waals surface area contributed by atoms with Gasteiger partial charge in [-0.05, 0) is 32.3 Å². The Morgan fingerprint density at radius 1 is 1.00 bits per heavy atom. The van der Waals surface area contributed by atoms with Gasteiger partial charge in [0.1, 0.15) is 11.6 Å². The van der Waals surface area contributed by atoms with Gasteiger partial charge in [-0.3, -0.25) is 0 Å². The highest BCUT2D eigenvalue weighted by Gasteiger charge is 2.34. The molecular formula is C17H23N3. The molecule has 0 aliphatic heterocycles. The van der Waals surface area contributed by atoms with Gasteiger partial charge in [-0.15, -0.1) is 0 Å². The van der Waals surface area contributed by atoms with Crippen molar-refractivity contribution in [3.63, 3.8) is 0 Å². The molecule has 0 saturated carbocycles. The molecule has 0 radical (unpaired) electrons. The largest absolute Gasteiger partial charge is 0.383 e. The molecule has 0 spiro atoms. The summed E-state index contributed by atoms with van der Waals surface area (Å²) in [7, 11) is 0. The van der Waals surface area contributed by atoms with E-state index in [9.17, 15) is 0 Å². The van der Waals surface area contributed by atoms with Gasteiger partial charge in [0.05, 0.1) is 5.41 Å². The van der Waals surface area contributed by atoms with Crippen LogP contribution in [-0.2, 0) is 5.41 Å². The second-order valence-electron chi connectivity index (χ2n) is 5.30. The quantitative estimate of drug-likeness (QED) is 0.919. The topological polar surface area (TPSA) is 51.8 Å². The van der Waals surface area contributed by atoms with E-state index >= 15 is 0 Å². The number of benzene rings is 1. The van der Waals surface area contributed by atoms with E-state index in [2.05, 4.69) is 43.1 Å². The molecule has 106 valence electrons. The molecule has 2 N–H and O–H groups in total. The summed E-state index contributed by atoms with van der Waals surface area (Å²) >= 11 is 0. The van der Waals surface area contributed by atoms with Crippen molar-refractivity contribution < 1.29 is 0 Å². The average Bonchev–Trinajstić information content (AvgIpc) is 2.47. The normalized spacial score (nSPS) is 11.6. The maximum atomic E-state index is 6.05. The minimum absolute atomic E-state index is 0.159. The van der Waals surface area contributed by atoms with Gasteiger partial charge >= 0.3 is 0 Å². The molecular weight excluding hydrogens is 246 g/mol. The zero-order valence-electron chi connectivity index (χ0n) is 12.8. The molecule has 0 bridgehead atoms. The molecule has 0 atom stereocenters. The van der Waals surface area contributed by atoms with Gasteiger partial charge < -0.3 is 5.73 Å². The van der Waals surface area contributed by atoms with Crippen molar-refractivity contribution >= 4 is 5.82 Å². The third-order valence-corrected chi connectivity index (χ3v) is 4.39. The van der Waals surface area contributed by atoms with Crippen LogP contribution in [0.15, 0.2) is 30.3 Å². The van der Waals surface area contributed by atoms with E-state index in [1.807, 2.05) is 19.9 Å². The van der Waals surface area contributed by atoms with E-state index in [0.717, 1.165) is 29.9 Å². The van der Waals surface area contributed by atoms with E-state index in [1.165, 1.54) is 5.56 Å². The van der Waals surface area contributed by atoms with Crippen LogP contribution in [0.3, 0.4) is 0 Å². The molecule has 2 rings (SSSR count). The van der Waals surface area contributed by atoms with Gasteiger partial charge in [0, 0.05) is 11.3 Å².